The summed E-state index contributed by atoms with van der Waals surface area (Å²) in [5, 5.41) is 16.9. The monoisotopic (exact) mass is 369 g/mol. The summed E-state index contributed by atoms with van der Waals surface area (Å²) >= 11 is 7.40. The molecule has 0 saturated heterocycles. The Kier molecular flexibility index (Phi) is 103. The zero-order valence-electron chi connectivity index (χ0n) is 5.44. The van der Waals surface area contributed by atoms with Gasteiger partial charge in [0.2, 0.25) is 0 Å². The molecule has 2 N–H and O–H groups in total. The molecule has 64 valence electrons. The van der Waals surface area contributed by atoms with Crippen LogP contribution in [0.15, 0.2) is 0 Å². The molecular formula is C4H6N4PtS2. The van der Waals surface area contributed by atoms with E-state index in [1.165, 1.54) is 10.8 Å². The summed E-state index contributed by atoms with van der Waals surface area (Å²) < 4.78 is 0. The number of thiocyanates is 2. The summed E-state index contributed by atoms with van der Waals surface area (Å²) in [4.78, 5) is 0. The molecule has 0 rings (SSSR count). The van der Waals surface area contributed by atoms with Gasteiger partial charge in [0.25, 0.3) is 0 Å². The van der Waals surface area contributed by atoms with E-state index in [2.05, 4.69) is 25.3 Å². The van der Waals surface area contributed by atoms with Gasteiger partial charge in [-0.2, -0.15) is 13.1 Å². The summed E-state index contributed by atoms with van der Waals surface area (Å²) in [6, 6.07) is 0. The van der Waals surface area contributed by atoms with Crippen molar-refractivity contribution < 1.29 is 21.1 Å². The first-order valence-electron chi connectivity index (χ1n) is 2.06. The number of rotatable bonds is 1. The summed E-state index contributed by atoms with van der Waals surface area (Å²) in [7, 11) is 0. The summed E-state index contributed by atoms with van der Waals surface area (Å²) in [6.45, 7) is 0.472. The van der Waals surface area contributed by atoms with Gasteiger partial charge in [0.1, 0.15) is 0 Å². The van der Waals surface area contributed by atoms with Gasteiger partial charge in [-0.1, -0.05) is 10.8 Å². The maximum atomic E-state index is 7.13. The first-order chi connectivity index (χ1) is 4.74. The SMILES string of the molecule is N#C[S-].N#C[S-].[NH-]CC[NH-].[Pt+4]. The molecule has 0 aliphatic heterocycles. The smallest absolute Gasteiger partial charge is 0.696 e. The second kappa shape index (κ2) is 50.4. The Hall–Kier alpha value is 0.0283. The molecule has 0 spiro atoms. The van der Waals surface area contributed by atoms with E-state index in [1.807, 2.05) is 0 Å². The molecule has 0 atom stereocenters. The molecule has 0 aromatic rings. The fourth-order valence-electron chi connectivity index (χ4n) is 0. The van der Waals surface area contributed by atoms with Crippen molar-refractivity contribution in [1.29, 1.82) is 10.5 Å². The van der Waals surface area contributed by atoms with E-state index in [1.54, 1.807) is 0 Å². The number of hydrogen-bond acceptors (Lipinski definition) is 4. The Morgan fingerprint density at radius 1 is 1.00 bits per heavy atom. The van der Waals surface area contributed by atoms with Crippen LogP contribution in [0.5, 0.6) is 0 Å². The maximum absolute atomic E-state index is 7.13. The molecule has 0 aliphatic rings. The minimum Gasteiger partial charge on any atom is -0.696 e. The van der Waals surface area contributed by atoms with Crippen molar-refractivity contribution in [3.8, 4) is 10.8 Å². The molecule has 0 saturated carbocycles. The van der Waals surface area contributed by atoms with Crippen LogP contribution in [0.25, 0.3) is 11.5 Å². The third-order valence-electron chi connectivity index (χ3n) is 0.125. The van der Waals surface area contributed by atoms with Crippen molar-refractivity contribution in [1.82, 2.24) is 0 Å². The Balaban J connectivity index is -0.0000000325. The van der Waals surface area contributed by atoms with Crippen molar-refractivity contribution in [2.45, 2.75) is 0 Å². The molecule has 0 aromatic carbocycles. The maximum Gasteiger partial charge on any atom is 4.00 e. The zero-order valence-corrected chi connectivity index (χ0v) is 9.35. The molecule has 0 radical (unpaired) electrons. The van der Waals surface area contributed by atoms with E-state index in [9.17, 15) is 0 Å². The molecule has 0 aromatic heterocycles. The summed E-state index contributed by atoms with van der Waals surface area (Å²) in [5.41, 5.74) is 12.5. The van der Waals surface area contributed by atoms with E-state index < -0.39 is 0 Å². The van der Waals surface area contributed by atoms with E-state index in [4.69, 9.17) is 22.0 Å². The fraction of sp³-hybridized carbons (Fsp3) is 0.500. The minimum atomic E-state index is 0. The van der Waals surface area contributed by atoms with Crippen molar-refractivity contribution in [2.75, 3.05) is 13.1 Å². The van der Waals surface area contributed by atoms with Crippen LogP contribution in [0.1, 0.15) is 0 Å². The molecule has 4 nitrogen and oxygen atoms in total. The first kappa shape index (κ1) is 22.5. The van der Waals surface area contributed by atoms with E-state index >= 15 is 0 Å². The predicted octanol–water partition coefficient (Wildman–Crippen LogP) is 1.12. The third kappa shape index (κ3) is 611. The largest absolute Gasteiger partial charge is 4.00 e. The molecule has 7 heteroatoms. The first-order valence-corrected chi connectivity index (χ1v) is 2.88. The van der Waals surface area contributed by atoms with E-state index in [-0.39, 0.29) is 34.2 Å². The summed E-state index contributed by atoms with van der Waals surface area (Å²) in [6.07, 6.45) is 0. The Morgan fingerprint density at radius 2 is 1.09 bits per heavy atom. The zero-order chi connectivity index (χ0) is 8.83. The van der Waals surface area contributed by atoms with Gasteiger partial charge < -0.3 is 36.7 Å². The van der Waals surface area contributed by atoms with Crippen LogP contribution in [-0.4, -0.2) is 13.1 Å². The van der Waals surface area contributed by atoms with E-state index in [0.717, 1.165) is 0 Å². The van der Waals surface area contributed by atoms with Crippen LogP contribution in [-0.2, 0) is 46.3 Å². The second-order valence-corrected chi connectivity index (χ2v) is 1.05. The predicted molar refractivity (Wildman–Crippen MR) is 44.3 cm³/mol. The van der Waals surface area contributed by atoms with Gasteiger partial charge in [-0.15, -0.1) is 0 Å². The molecule has 0 bridgehead atoms. The number of hydrogen-bond donors (Lipinski definition) is 0. The van der Waals surface area contributed by atoms with Crippen LogP contribution in [0, 0.1) is 21.3 Å². The second-order valence-electron chi connectivity index (χ2n) is 0.683. The number of nitrogens with zero attached hydrogens (tertiary/aromatic N) is 2. The van der Waals surface area contributed by atoms with Gasteiger partial charge in [-0.05, 0) is 0 Å². The molecule has 0 heterocycles. The van der Waals surface area contributed by atoms with Gasteiger partial charge in [-0.3, -0.25) is 0 Å². The van der Waals surface area contributed by atoms with Crippen LogP contribution in [0.4, 0.5) is 0 Å². The molecule has 0 amide bonds. The summed E-state index contributed by atoms with van der Waals surface area (Å²) in [5.74, 6) is 0. The van der Waals surface area contributed by atoms with Crippen molar-refractivity contribution in [3.63, 3.8) is 0 Å². The van der Waals surface area contributed by atoms with Crippen LogP contribution < -0.4 is 0 Å². The third-order valence-corrected chi connectivity index (χ3v) is 0.125. The van der Waals surface area contributed by atoms with Crippen LogP contribution in [0.3, 0.4) is 0 Å². The molecule has 0 fully saturated rings. The topological polar surface area (TPSA) is 95.2 Å². The van der Waals surface area contributed by atoms with Gasteiger partial charge in [0.15, 0.2) is 0 Å². The van der Waals surface area contributed by atoms with Gasteiger partial charge >= 0.3 is 21.1 Å². The van der Waals surface area contributed by atoms with Crippen molar-refractivity contribution >= 4 is 25.3 Å². The fourth-order valence-corrected chi connectivity index (χ4v) is 0. The van der Waals surface area contributed by atoms with Gasteiger partial charge in [-0.25, -0.2) is 10.5 Å². The van der Waals surface area contributed by atoms with Crippen LogP contribution >= 0.6 is 0 Å². The Bertz CT molecular complexity index is 93.6. The molecule has 0 aliphatic carbocycles. The number of nitriles is 2. The molecule has 0 unspecified atom stereocenters. The Morgan fingerprint density at radius 3 is 1.09 bits per heavy atom. The van der Waals surface area contributed by atoms with Gasteiger partial charge in [0.05, 0.1) is 0 Å². The van der Waals surface area contributed by atoms with Crippen molar-refractivity contribution in [3.05, 3.63) is 11.5 Å². The van der Waals surface area contributed by atoms with Crippen LogP contribution in [0.2, 0.25) is 0 Å². The normalized spacial score (nSPS) is 4.00. The van der Waals surface area contributed by atoms with E-state index in [0.29, 0.717) is 0 Å². The molecule has 11 heavy (non-hydrogen) atoms. The standard InChI is InChI=1S/C2H6N2.2CHNS.Pt/c3-1-2-4;2*2-1-3;/h3-4H,1-2H2;2*3H;/q-2;;;+4/p-2. The average Bonchev–Trinajstić information content (AvgIpc) is 1.91. The molecular weight excluding hydrogens is 363 g/mol. The quantitative estimate of drug-likeness (QED) is 0.511. The Labute approximate surface area is 92.0 Å². The number of nitrogens with one attached hydrogen (secondary N) is 2. The average molecular weight is 369 g/mol. The minimum absolute atomic E-state index is 0. The van der Waals surface area contributed by atoms with Crippen molar-refractivity contribution in [2.24, 2.45) is 0 Å². The van der Waals surface area contributed by atoms with Gasteiger partial charge in [0, 0.05) is 0 Å².